The van der Waals surface area contributed by atoms with E-state index in [1.807, 2.05) is 0 Å². The van der Waals surface area contributed by atoms with Crippen LogP contribution in [-0.4, -0.2) is 18.7 Å². The molecule has 0 radical (unpaired) electrons. The molecular formula is C19H26F2O3. The number of ether oxygens (including phenoxy) is 2. The van der Waals surface area contributed by atoms with E-state index in [1.54, 1.807) is 6.92 Å². The van der Waals surface area contributed by atoms with E-state index in [9.17, 15) is 13.6 Å². The number of rotatable bonds is 7. The minimum absolute atomic E-state index is 0.0135. The Bertz CT molecular complexity index is 529. The topological polar surface area (TPSA) is 35.5 Å². The minimum atomic E-state index is -0.673. The monoisotopic (exact) mass is 340 g/mol. The zero-order valence-electron chi connectivity index (χ0n) is 14.4. The molecule has 0 N–H and O–H groups in total. The second-order valence-corrected chi connectivity index (χ2v) is 6.34. The number of hydrogen-bond acceptors (Lipinski definition) is 3. The first kappa shape index (κ1) is 18.8. The van der Waals surface area contributed by atoms with Crippen LogP contribution in [0.3, 0.4) is 0 Å². The Hall–Kier alpha value is -1.49. The van der Waals surface area contributed by atoms with Gasteiger partial charge in [0.1, 0.15) is 17.4 Å². The highest BCUT2D eigenvalue weighted by molar-refractivity contribution is 5.75. The van der Waals surface area contributed by atoms with Crippen LogP contribution in [0.1, 0.15) is 57.9 Å². The third kappa shape index (κ3) is 5.00. The van der Waals surface area contributed by atoms with Crippen molar-refractivity contribution in [1.82, 2.24) is 0 Å². The van der Waals surface area contributed by atoms with Crippen LogP contribution in [0.15, 0.2) is 12.1 Å². The van der Waals surface area contributed by atoms with Gasteiger partial charge in [-0.2, -0.15) is 0 Å². The summed E-state index contributed by atoms with van der Waals surface area (Å²) in [6.45, 7) is 4.56. The first-order valence-electron chi connectivity index (χ1n) is 8.86. The molecule has 0 amide bonds. The molecule has 1 aliphatic rings. The van der Waals surface area contributed by atoms with Crippen molar-refractivity contribution in [1.29, 1.82) is 0 Å². The van der Waals surface area contributed by atoms with Gasteiger partial charge in [0.25, 0.3) is 0 Å². The molecule has 2 rings (SSSR count). The van der Waals surface area contributed by atoms with E-state index in [1.165, 1.54) is 0 Å². The predicted molar refractivity (Wildman–Crippen MR) is 88.0 cm³/mol. The van der Waals surface area contributed by atoms with E-state index in [0.717, 1.165) is 44.4 Å². The van der Waals surface area contributed by atoms with Crippen molar-refractivity contribution in [2.75, 3.05) is 6.61 Å². The van der Waals surface area contributed by atoms with Crippen molar-refractivity contribution in [3.63, 3.8) is 0 Å². The second kappa shape index (κ2) is 9.11. The lowest BCUT2D eigenvalue weighted by Crippen LogP contribution is -2.29. The SMILES string of the molecule is CCCCOC1CCC(C(=O)Oc2cc(F)c(CC)c(F)c2)CC1. The van der Waals surface area contributed by atoms with Gasteiger partial charge in [-0.3, -0.25) is 4.79 Å². The third-order valence-electron chi connectivity index (χ3n) is 4.55. The molecule has 0 heterocycles. The highest BCUT2D eigenvalue weighted by Crippen LogP contribution is 2.29. The molecule has 1 fully saturated rings. The van der Waals surface area contributed by atoms with E-state index < -0.39 is 17.6 Å². The average molecular weight is 340 g/mol. The van der Waals surface area contributed by atoms with Gasteiger partial charge in [-0.05, 0) is 38.5 Å². The van der Waals surface area contributed by atoms with E-state index in [-0.39, 0.29) is 29.8 Å². The zero-order valence-corrected chi connectivity index (χ0v) is 14.4. The Labute approximate surface area is 142 Å². The number of carbonyl (C=O) groups excluding carboxylic acids is 1. The smallest absolute Gasteiger partial charge is 0.314 e. The number of esters is 1. The fourth-order valence-corrected chi connectivity index (χ4v) is 3.04. The van der Waals surface area contributed by atoms with Crippen LogP contribution >= 0.6 is 0 Å². The number of benzene rings is 1. The van der Waals surface area contributed by atoms with Crippen molar-refractivity contribution in [2.24, 2.45) is 5.92 Å². The van der Waals surface area contributed by atoms with E-state index in [4.69, 9.17) is 9.47 Å². The maximum absolute atomic E-state index is 13.8. The molecule has 0 bridgehead atoms. The molecule has 134 valence electrons. The Morgan fingerprint density at radius 2 is 1.75 bits per heavy atom. The van der Waals surface area contributed by atoms with Crippen LogP contribution < -0.4 is 4.74 Å². The van der Waals surface area contributed by atoms with Crippen molar-refractivity contribution >= 4 is 5.97 Å². The number of carbonyl (C=O) groups is 1. The lowest BCUT2D eigenvalue weighted by Gasteiger charge is -2.27. The molecule has 5 heteroatoms. The van der Waals surface area contributed by atoms with Gasteiger partial charge in [-0.1, -0.05) is 20.3 Å². The van der Waals surface area contributed by atoms with E-state index in [2.05, 4.69) is 6.92 Å². The number of unbranched alkanes of at least 4 members (excludes halogenated alkanes) is 1. The average Bonchev–Trinajstić information content (AvgIpc) is 2.55. The van der Waals surface area contributed by atoms with Crippen LogP contribution in [0, 0.1) is 17.6 Å². The first-order chi connectivity index (χ1) is 11.5. The summed E-state index contributed by atoms with van der Waals surface area (Å²) in [5.74, 6) is -2.05. The largest absolute Gasteiger partial charge is 0.426 e. The molecule has 1 aromatic carbocycles. The maximum Gasteiger partial charge on any atom is 0.314 e. The van der Waals surface area contributed by atoms with Gasteiger partial charge < -0.3 is 9.47 Å². The normalized spacial score (nSPS) is 20.8. The zero-order chi connectivity index (χ0) is 17.5. The number of halogens is 2. The van der Waals surface area contributed by atoms with Crippen molar-refractivity contribution < 1.29 is 23.0 Å². The Morgan fingerprint density at radius 1 is 1.12 bits per heavy atom. The fourth-order valence-electron chi connectivity index (χ4n) is 3.04. The molecule has 0 atom stereocenters. The van der Waals surface area contributed by atoms with Crippen molar-refractivity contribution in [3.8, 4) is 5.75 Å². The van der Waals surface area contributed by atoms with Crippen LogP contribution in [0.4, 0.5) is 8.78 Å². The van der Waals surface area contributed by atoms with Gasteiger partial charge in [0.15, 0.2) is 0 Å². The summed E-state index contributed by atoms with van der Waals surface area (Å²) in [7, 11) is 0. The summed E-state index contributed by atoms with van der Waals surface area (Å²) < 4.78 is 38.5. The Balaban J connectivity index is 1.86. The summed E-state index contributed by atoms with van der Waals surface area (Å²) >= 11 is 0. The summed E-state index contributed by atoms with van der Waals surface area (Å²) in [6, 6.07) is 2.17. The van der Waals surface area contributed by atoms with Crippen molar-refractivity contribution in [3.05, 3.63) is 29.3 Å². The molecule has 1 aliphatic carbocycles. The first-order valence-corrected chi connectivity index (χ1v) is 8.86. The summed E-state index contributed by atoms with van der Waals surface area (Å²) in [4.78, 5) is 12.2. The van der Waals surface area contributed by atoms with Crippen LogP contribution in [-0.2, 0) is 16.0 Å². The van der Waals surface area contributed by atoms with E-state index >= 15 is 0 Å². The molecular weight excluding hydrogens is 314 g/mol. The quantitative estimate of drug-likeness (QED) is 0.406. The van der Waals surface area contributed by atoms with Gasteiger partial charge in [-0.15, -0.1) is 0 Å². The van der Waals surface area contributed by atoms with Gasteiger partial charge in [-0.25, -0.2) is 8.78 Å². The molecule has 0 spiro atoms. The standard InChI is InChI=1S/C19H26F2O3/c1-3-5-10-23-14-8-6-13(7-9-14)19(22)24-15-11-17(20)16(4-2)18(21)12-15/h11-14H,3-10H2,1-2H3. The lowest BCUT2D eigenvalue weighted by atomic mass is 9.87. The van der Waals surface area contributed by atoms with Crippen LogP contribution in [0.5, 0.6) is 5.75 Å². The molecule has 0 unspecified atom stereocenters. The highest BCUT2D eigenvalue weighted by atomic mass is 19.1. The minimum Gasteiger partial charge on any atom is -0.426 e. The molecule has 1 aromatic rings. The van der Waals surface area contributed by atoms with Crippen LogP contribution in [0.25, 0.3) is 0 Å². The number of hydrogen-bond donors (Lipinski definition) is 0. The molecule has 1 saturated carbocycles. The Morgan fingerprint density at radius 3 is 2.29 bits per heavy atom. The van der Waals surface area contributed by atoms with Gasteiger partial charge >= 0.3 is 5.97 Å². The molecule has 0 aliphatic heterocycles. The summed E-state index contributed by atoms with van der Waals surface area (Å²) in [6.07, 6.45) is 5.63. The Kier molecular flexibility index (Phi) is 7.16. The third-order valence-corrected chi connectivity index (χ3v) is 4.55. The lowest BCUT2D eigenvalue weighted by molar-refractivity contribution is -0.141. The molecule has 0 aromatic heterocycles. The molecule has 3 nitrogen and oxygen atoms in total. The second-order valence-electron chi connectivity index (χ2n) is 6.34. The molecule has 0 saturated heterocycles. The predicted octanol–water partition coefficient (Wildman–Crippen LogP) is 4.81. The van der Waals surface area contributed by atoms with Gasteiger partial charge in [0.05, 0.1) is 12.0 Å². The van der Waals surface area contributed by atoms with E-state index in [0.29, 0.717) is 12.8 Å². The highest BCUT2D eigenvalue weighted by Gasteiger charge is 2.28. The van der Waals surface area contributed by atoms with Gasteiger partial charge in [0, 0.05) is 24.3 Å². The molecule has 24 heavy (non-hydrogen) atoms. The summed E-state index contributed by atoms with van der Waals surface area (Å²) in [5.41, 5.74) is 0.0135. The van der Waals surface area contributed by atoms with Crippen molar-refractivity contribution in [2.45, 2.75) is 64.9 Å². The summed E-state index contributed by atoms with van der Waals surface area (Å²) in [5, 5.41) is 0. The maximum atomic E-state index is 13.8. The fraction of sp³-hybridized carbons (Fsp3) is 0.632. The van der Waals surface area contributed by atoms with Gasteiger partial charge in [0.2, 0.25) is 0 Å². The van der Waals surface area contributed by atoms with Crippen LogP contribution in [0.2, 0.25) is 0 Å².